The highest BCUT2D eigenvalue weighted by molar-refractivity contribution is 5.94. The molecule has 1 aliphatic rings. The molecule has 0 aromatic heterocycles. The minimum Gasteiger partial charge on any atom is -0.382 e. The van der Waals surface area contributed by atoms with Gasteiger partial charge in [0.15, 0.2) is 0 Å². The number of amides is 1. The van der Waals surface area contributed by atoms with E-state index in [9.17, 15) is 9.18 Å². The molecular weight excluding hydrogens is 335 g/mol. The smallest absolute Gasteiger partial charge is 0.251 e. The third kappa shape index (κ3) is 6.57. The molecule has 0 aliphatic carbocycles. The van der Waals surface area contributed by atoms with Gasteiger partial charge in [0.1, 0.15) is 5.82 Å². The molecule has 1 aliphatic heterocycles. The predicted octanol–water partition coefficient (Wildman–Crippen LogP) is 2.06. The lowest BCUT2D eigenvalue weighted by Crippen LogP contribution is -2.29. The monoisotopic (exact) mass is 358 g/mol. The Morgan fingerprint density at radius 1 is 1.38 bits per heavy atom. The van der Waals surface area contributed by atoms with Crippen molar-refractivity contribution < 1.29 is 18.7 Å². The summed E-state index contributed by atoms with van der Waals surface area (Å²) >= 11 is 0. The molecule has 1 heterocycles. The highest BCUT2D eigenvalue weighted by Gasteiger charge is 2.11. The van der Waals surface area contributed by atoms with Crippen molar-refractivity contribution >= 4 is 18.3 Å². The predicted molar refractivity (Wildman–Crippen MR) is 93.1 cm³/mol. The van der Waals surface area contributed by atoms with E-state index < -0.39 is 0 Å². The second-order valence-electron chi connectivity index (χ2n) is 5.35. The molecule has 2 N–H and O–H groups in total. The van der Waals surface area contributed by atoms with Crippen molar-refractivity contribution in [3.8, 4) is 0 Å². The fourth-order valence-corrected chi connectivity index (χ4v) is 2.28. The Hall–Kier alpha value is -1.47. The first-order chi connectivity index (χ1) is 11.2. The van der Waals surface area contributed by atoms with Crippen molar-refractivity contribution in [2.24, 2.45) is 0 Å². The van der Waals surface area contributed by atoms with Crippen LogP contribution in [0.3, 0.4) is 0 Å². The van der Waals surface area contributed by atoms with Gasteiger partial charge < -0.3 is 20.1 Å². The summed E-state index contributed by atoms with van der Waals surface area (Å²) in [4.78, 5) is 12.2. The van der Waals surface area contributed by atoms with Crippen LogP contribution in [0, 0.1) is 5.82 Å². The van der Waals surface area contributed by atoms with E-state index in [1.54, 1.807) is 7.11 Å². The number of rotatable bonds is 8. The number of nitrogens with one attached hydrogen (secondary N) is 2. The van der Waals surface area contributed by atoms with E-state index in [1.807, 2.05) is 0 Å². The maximum atomic E-state index is 13.8. The number of halogens is 2. The molecule has 1 aromatic carbocycles. The lowest BCUT2D eigenvalue weighted by atomic mass is 10.1. The third-order valence-corrected chi connectivity index (χ3v) is 3.63. The summed E-state index contributed by atoms with van der Waals surface area (Å²) in [5.41, 5.74) is 2.02. The lowest BCUT2D eigenvalue weighted by Gasteiger charge is -2.15. The Kier molecular flexibility index (Phi) is 9.56. The molecular formula is C17H24ClFN2O3. The molecule has 2 rings (SSSR count). The van der Waals surface area contributed by atoms with E-state index in [-0.39, 0.29) is 30.7 Å². The van der Waals surface area contributed by atoms with Gasteiger partial charge in [-0.05, 0) is 31.2 Å². The Morgan fingerprint density at radius 3 is 2.92 bits per heavy atom. The minimum absolute atomic E-state index is 0. The Labute approximate surface area is 148 Å². The van der Waals surface area contributed by atoms with Crippen LogP contribution in [-0.2, 0) is 16.1 Å². The van der Waals surface area contributed by atoms with Crippen LogP contribution < -0.4 is 10.6 Å². The molecule has 0 bridgehead atoms. The maximum absolute atomic E-state index is 13.8. The van der Waals surface area contributed by atoms with Gasteiger partial charge in [-0.15, -0.1) is 12.4 Å². The number of methoxy groups -OCH3 is 1. The number of carbonyl (C=O) groups is 1. The van der Waals surface area contributed by atoms with Gasteiger partial charge >= 0.3 is 0 Å². The molecule has 0 fully saturated rings. The zero-order valence-corrected chi connectivity index (χ0v) is 14.6. The molecule has 24 heavy (non-hydrogen) atoms. The van der Waals surface area contributed by atoms with Crippen LogP contribution in [0.15, 0.2) is 29.8 Å². The molecule has 5 nitrogen and oxygen atoms in total. The van der Waals surface area contributed by atoms with E-state index in [1.165, 1.54) is 23.8 Å². The summed E-state index contributed by atoms with van der Waals surface area (Å²) in [5.74, 6) is -0.581. The molecule has 0 saturated heterocycles. The number of hydrogen-bond acceptors (Lipinski definition) is 4. The first-order valence-electron chi connectivity index (χ1n) is 7.72. The second-order valence-corrected chi connectivity index (χ2v) is 5.35. The van der Waals surface area contributed by atoms with Gasteiger partial charge in [-0.1, -0.05) is 11.6 Å². The van der Waals surface area contributed by atoms with Gasteiger partial charge in [-0.25, -0.2) is 4.39 Å². The summed E-state index contributed by atoms with van der Waals surface area (Å²) < 4.78 is 23.9. The average molecular weight is 359 g/mol. The maximum Gasteiger partial charge on any atom is 0.251 e. The van der Waals surface area contributed by atoms with E-state index >= 15 is 0 Å². The van der Waals surface area contributed by atoms with Crippen LogP contribution in [0.4, 0.5) is 4.39 Å². The number of ether oxygens (including phenoxy) is 2. The normalized spacial score (nSPS) is 13.8. The topological polar surface area (TPSA) is 59.6 Å². The Balaban J connectivity index is 0.00000288. The van der Waals surface area contributed by atoms with E-state index in [4.69, 9.17) is 9.47 Å². The van der Waals surface area contributed by atoms with Crippen molar-refractivity contribution in [3.63, 3.8) is 0 Å². The number of benzene rings is 1. The van der Waals surface area contributed by atoms with Crippen LogP contribution >= 0.6 is 12.4 Å². The summed E-state index contributed by atoms with van der Waals surface area (Å²) in [5, 5.41) is 6.10. The van der Waals surface area contributed by atoms with Crippen molar-refractivity contribution in [1.82, 2.24) is 10.6 Å². The fourth-order valence-electron chi connectivity index (χ4n) is 2.28. The van der Waals surface area contributed by atoms with Crippen LogP contribution in [-0.4, -0.2) is 45.9 Å². The van der Waals surface area contributed by atoms with Crippen LogP contribution in [0.25, 0.3) is 0 Å². The van der Waals surface area contributed by atoms with Crippen molar-refractivity contribution in [2.75, 3.05) is 40.0 Å². The van der Waals surface area contributed by atoms with Crippen molar-refractivity contribution in [3.05, 3.63) is 46.8 Å². The molecule has 0 radical (unpaired) electrons. The molecule has 0 saturated carbocycles. The summed E-state index contributed by atoms with van der Waals surface area (Å²) in [6.07, 6.45) is 3.02. The summed E-state index contributed by atoms with van der Waals surface area (Å²) in [7, 11) is 1.58. The van der Waals surface area contributed by atoms with Gasteiger partial charge in [0.25, 0.3) is 5.91 Å². The lowest BCUT2D eigenvalue weighted by molar-refractivity contribution is 0.0604. The SMILES string of the molecule is COCCOCc1cc(C(=O)NCC2=CCNCC2)ccc1F.Cl. The van der Waals surface area contributed by atoms with Crippen molar-refractivity contribution in [2.45, 2.75) is 13.0 Å². The zero-order chi connectivity index (χ0) is 16.5. The van der Waals surface area contributed by atoms with Crippen molar-refractivity contribution in [1.29, 1.82) is 0 Å². The van der Waals surface area contributed by atoms with E-state index in [0.717, 1.165) is 19.5 Å². The second kappa shape index (κ2) is 11.1. The molecule has 0 spiro atoms. The van der Waals surface area contributed by atoms with E-state index in [0.29, 0.717) is 30.9 Å². The molecule has 1 aromatic rings. The first-order valence-corrected chi connectivity index (χ1v) is 7.72. The Bertz CT molecular complexity index is 567. The van der Waals surface area contributed by atoms with Gasteiger partial charge in [0.05, 0.1) is 19.8 Å². The Morgan fingerprint density at radius 2 is 2.21 bits per heavy atom. The molecule has 1 amide bonds. The van der Waals surface area contributed by atoms with Gasteiger partial charge in [0, 0.05) is 31.3 Å². The third-order valence-electron chi connectivity index (χ3n) is 3.63. The minimum atomic E-state index is -0.375. The highest BCUT2D eigenvalue weighted by atomic mass is 35.5. The number of carbonyl (C=O) groups excluding carboxylic acids is 1. The van der Waals surface area contributed by atoms with E-state index in [2.05, 4.69) is 16.7 Å². The average Bonchev–Trinajstić information content (AvgIpc) is 2.59. The molecule has 0 atom stereocenters. The quantitative estimate of drug-likeness (QED) is 0.551. The van der Waals surface area contributed by atoms with Crippen LogP contribution in [0.2, 0.25) is 0 Å². The van der Waals surface area contributed by atoms with Gasteiger partial charge in [-0.2, -0.15) is 0 Å². The summed E-state index contributed by atoms with van der Waals surface area (Å²) in [6.45, 7) is 3.25. The van der Waals surface area contributed by atoms with Gasteiger partial charge in [0.2, 0.25) is 0 Å². The first kappa shape index (κ1) is 20.6. The standard InChI is InChI=1S/C17H23FN2O3.ClH/c1-22-8-9-23-12-15-10-14(2-3-16(15)18)17(21)20-11-13-4-6-19-7-5-13;/h2-4,10,19H,5-9,11-12H2,1H3,(H,20,21);1H. The molecule has 7 heteroatoms. The molecule has 0 unspecified atom stereocenters. The number of hydrogen-bond donors (Lipinski definition) is 2. The summed E-state index contributed by atoms with van der Waals surface area (Å²) in [6, 6.07) is 4.32. The highest BCUT2D eigenvalue weighted by Crippen LogP contribution is 2.12. The largest absolute Gasteiger partial charge is 0.382 e. The van der Waals surface area contributed by atoms with Crippen LogP contribution in [0.5, 0.6) is 0 Å². The van der Waals surface area contributed by atoms with Crippen LogP contribution in [0.1, 0.15) is 22.3 Å². The fraction of sp³-hybridized carbons (Fsp3) is 0.471. The zero-order valence-electron chi connectivity index (χ0n) is 13.8. The van der Waals surface area contributed by atoms with Gasteiger partial charge in [-0.3, -0.25) is 4.79 Å². The molecule has 134 valence electrons.